The molecule has 0 saturated heterocycles. The molecule has 1 N–H and O–H groups in total. The molecule has 0 aliphatic rings. The Morgan fingerprint density at radius 3 is 2.24 bits per heavy atom. The molecule has 1 aromatic heterocycles. The Bertz CT molecular complexity index is 492. The van der Waals surface area contributed by atoms with Crippen LogP contribution in [-0.4, -0.2) is 12.0 Å². The van der Waals surface area contributed by atoms with Crippen LogP contribution < -0.4 is 5.32 Å². The van der Waals surface area contributed by atoms with Gasteiger partial charge in [0.25, 0.3) is 0 Å². The van der Waals surface area contributed by atoms with Gasteiger partial charge in [-0.25, -0.2) is 4.98 Å². The molecule has 0 saturated carbocycles. The van der Waals surface area contributed by atoms with Gasteiger partial charge < -0.3 is 5.32 Å². The van der Waals surface area contributed by atoms with Gasteiger partial charge in [0.05, 0.1) is 10.7 Å². The first-order valence-corrected chi connectivity index (χ1v) is 6.63. The minimum absolute atomic E-state index is 0.133. The topological polar surface area (TPSA) is 24.9 Å². The minimum Gasteiger partial charge on any atom is -0.388 e. The normalized spacial score (nSPS) is 11.5. The summed E-state index contributed by atoms with van der Waals surface area (Å²) in [7, 11) is 1.93. The first-order valence-electron chi connectivity index (χ1n) is 5.75. The monoisotopic (exact) mass is 246 g/mol. The van der Waals surface area contributed by atoms with E-state index in [4.69, 9.17) is 4.98 Å². The molecule has 0 aliphatic carbocycles. The number of aromatic nitrogens is 1. The highest BCUT2D eigenvalue weighted by Crippen LogP contribution is 2.30. The van der Waals surface area contributed by atoms with E-state index in [1.54, 1.807) is 11.3 Å². The first kappa shape index (κ1) is 12.1. The van der Waals surface area contributed by atoms with Crippen LogP contribution in [0.5, 0.6) is 0 Å². The average molecular weight is 246 g/mol. The van der Waals surface area contributed by atoms with Gasteiger partial charge in [-0.2, -0.15) is 0 Å². The van der Waals surface area contributed by atoms with Crippen molar-refractivity contribution in [2.75, 3.05) is 12.4 Å². The van der Waals surface area contributed by atoms with E-state index < -0.39 is 0 Å². The third-order valence-corrected chi connectivity index (χ3v) is 3.88. The van der Waals surface area contributed by atoms with Gasteiger partial charge in [-0.1, -0.05) is 32.9 Å². The maximum Gasteiger partial charge on any atom is 0.0986 e. The molecule has 0 atom stereocenters. The van der Waals surface area contributed by atoms with Crippen LogP contribution >= 0.6 is 11.3 Å². The minimum atomic E-state index is 0.133. The molecule has 2 aromatic rings. The Morgan fingerprint density at radius 1 is 1.12 bits per heavy atom. The van der Waals surface area contributed by atoms with Crippen molar-refractivity contribution in [3.63, 3.8) is 0 Å². The van der Waals surface area contributed by atoms with E-state index in [1.165, 1.54) is 10.6 Å². The smallest absolute Gasteiger partial charge is 0.0986 e. The van der Waals surface area contributed by atoms with Crippen molar-refractivity contribution in [2.24, 2.45) is 0 Å². The number of benzene rings is 1. The second-order valence-corrected chi connectivity index (χ2v) is 5.97. The lowest BCUT2D eigenvalue weighted by atomic mass is 9.98. The van der Waals surface area contributed by atoms with Crippen LogP contribution in [0.25, 0.3) is 11.3 Å². The number of rotatable bonds is 2. The Labute approximate surface area is 107 Å². The molecule has 0 radical (unpaired) electrons. The summed E-state index contributed by atoms with van der Waals surface area (Å²) in [6.07, 6.45) is 0. The van der Waals surface area contributed by atoms with Crippen molar-refractivity contribution < 1.29 is 0 Å². The molecular formula is C14H18N2S. The van der Waals surface area contributed by atoms with Crippen LogP contribution in [0.1, 0.15) is 25.8 Å². The summed E-state index contributed by atoms with van der Waals surface area (Å²) < 4.78 is 0. The first-order chi connectivity index (χ1) is 8.00. The van der Waals surface area contributed by atoms with Crippen molar-refractivity contribution in [3.8, 4) is 11.3 Å². The highest BCUT2D eigenvalue weighted by Gasteiger charge is 2.18. The molecule has 2 nitrogen and oxygen atoms in total. The Hall–Kier alpha value is -1.35. The molecule has 1 heterocycles. The Balaban J connectivity index is 2.30. The Morgan fingerprint density at radius 2 is 1.76 bits per heavy atom. The second kappa shape index (κ2) is 4.49. The van der Waals surface area contributed by atoms with Gasteiger partial charge in [-0.15, -0.1) is 11.3 Å². The van der Waals surface area contributed by atoms with Crippen molar-refractivity contribution in [1.82, 2.24) is 4.98 Å². The molecular weight excluding hydrogens is 228 g/mol. The summed E-state index contributed by atoms with van der Waals surface area (Å²) in [6.45, 7) is 6.58. The number of hydrogen-bond acceptors (Lipinski definition) is 3. The fourth-order valence-electron chi connectivity index (χ4n) is 1.56. The predicted octanol–water partition coefficient (Wildman–Crippen LogP) is 4.15. The van der Waals surface area contributed by atoms with E-state index in [0.717, 1.165) is 11.4 Å². The van der Waals surface area contributed by atoms with Gasteiger partial charge in [0, 0.05) is 29.1 Å². The van der Waals surface area contributed by atoms with E-state index in [1.807, 2.05) is 7.05 Å². The van der Waals surface area contributed by atoms with Crippen molar-refractivity contribution in [1.29, 1.82) is 0 Å². The third-order valence-electron chi connectivity index (χ3n) is 2.62. The molecule has 3 heteroatoms. The van der Waals surface area contributed by atoms with Crippen molar-refractivity contribution >= 4 is 17.0 Å². The van der Waals surface area contributed by atoms with Gasteiger partial charge in [0.15, 0.2) is 0 Å². The largest absolute Gasteiger partial charge is 0.388 e. The fraction of sp³-hybridized carbons (Fsp3) is 0.357. The van der Waals surface area contributed by atoms with Gasteiger partial charge in [-0.3, -0.25) is 0 Å². The molecule has 1 aromatic carbocycles. The molecule has 0 unspecified atom stereocenters. The maximum absolute atomic E-state index is 4.71. The zero-order chi connectivity index (χ0) is 12.5. The van der Waals surface area contributed by atoms with Crippen molar-refractivity contribution in [3.05, 3.63) is 34.7 Å². The van der Waals surface area contributed by atoms with E-state index in [2.05, 4.69) is 55.7 Å². The zero-order valence-corrected chi connectivity index (χ0v) is 11.6. The average Bonchev–Trinajstić information content (AvgIpc) is 2.78. The molecule has 17 heavy (non-hydrogen) atoms. The number of thiazole rings is 1. The van der Waals surface area contributed by atoms with Crippen molar-refractivity contribution in [2.45, 2.75) is 26.2 Å². The zero-order valence-electron chi connectivity index (χ0n) is 10.7. The SMILES string of the molecule is CNc1ccc(-c2csc(C(C)(C)C)n2)cc1. The summed E-state index contributed by atoms with van der Waals surface area (Å²) in [6, 6.07) is 8.36. The molecule has 0 spiro atoms. The number of anilines is 1. The summed E-state index contributed by atoms with van der Waals surface area (Å²) in [5, 5.41) is 6.44. The quantitative estimate of drug-likeness (QED) is 0.861. The van der Waals surface area contributed by atoms with Gasteiger partial charge in [0.2, 0.25) is 0 Å². The van der Waals surface area contributed by atoms with E-state index in [9.17, 15) is 0 Å². The van der Waals surface area contributed by atoms with E-state index >= 15 is 0 Å². The Kier molecular flexibility index (Phi) is 3.20. The summed E-state index contributed by atoms with van der Waals surface area (Å²) in [5.74, 6) is 0. The van der Waals surface area contributed by atoms with E-state index in [-0.39, 0.29) is 5.41 Å². The predicted molar refractivity (Wildman–Crippen MR) is 75.8 cm³/mol. The highest BCUT2D eigenvalue weighted by atomic mass is 32.1. The molecule has 0 fully saturated rings. The summed E-state index contributed by atoms with van der Waals surface area (Å²) in [5.41, 5.74) is 3.51. The second-order valence-electron chi connectivity index (χ2n) is 5.12. The van der Waals surface area contributed by atoms with Gasteiger partial charge in [0.1, 0.15) is 0 Å². The number of hydrogen-bond donors (Lipinski definition) is 1. The molecule has 0 amide bonds. The number of nitrogens with zero attached hydrogens (tertiary/aromatic N) is 1. The molecule has 0 bridgehead atoms. The molecule has 0 aliphatic heterocycles. The third kappa shape index (κ3) is 2.67. The lowest BCUT2D eigenvalue weighted by Crippen LogP contribution is -2.10. The van der Waals surface area contributed by atoms with Gasteiger partial charge in [-0.05, 0) is 12.1 Å². The lowest BCUT2D eigenvalue weighted by molar-refractivity contribution is 0.586. The standard InChI is InChI=1S/C14H18N2S/c1-14(2,3)13-16-12(9-17-13)10-5-7-11(15-4)8-6-10/h5-9,15H,1-4H3. The highest BCUT2D eigenvalue weighted by molar-refractivity contribution is 7.10. The maximum atomic E-state index is 4.71. The summed E-state index contributed by atoms with van der Waals surface area (Å²) >= 11 is 1.73. The lowest BCUT2D eigenvalue weighted by Gasteiger charge is -2.13. The van der Waals surface area contributed by atoms with Crippen LogP contribution in [0, 0.1) is 0 Å². The molecule has 2 rings (SSSR count). The van der Waals surface area contributed by atoms with Gasteiger partial charge >= 0.3 is 0 Å². The van der Waals surface area contributed by atoms with Crippen LogP contribution in [0.3, 0.4) is 0 Å². The van der Waals surface area contributed by atoms with E-state index in [0.29, 0.717) is 0 Å². The number of nitrogens with one attached hydrogen (secondary N) is 1. The van der Waals surface area contributed by atoms with Crippen LogP contribution in [-0.2, 0) is 5.41 Å². The van der Waals surface area contributed by atoms with Crippen LogP contribution in [0.15, 0.2) is 29.6 Å². The van der Waals surface area contributed by atoms with Crippen LogP contribution in [0.2, 0.25) is 0 Å². The summed E-state index contributed by atoms with van der Waals surface area (Å²) in [4.78, 5) is 4.71. The van der Waals surface area contributed by atoms with Crippen LogP contribution in [0.4, 0.5) is 5.69 Å². The fourth-order valence-corrected chi connectivity index (χ4v) is 2.48. The molecule has 90 valence electrons.